The molecule has 0 aliphatic heterocycles. The lowest BCUT2D eigenvalue weighted by molar-refractivity contribution is 0.201. The van der Waals surface area contributed by atoms with Gasteiger partial charge in [-0.25, -0.2) is 15.0 Å². The van der Waals surface area contributed by atoms with E-state index in [2.05, 4.69) is 37.7 Å². The maximum absolute atomic E-state index is 8.90. The van der Waals surface area contributed by atoms with Crippen LogP contribution in [0.3, 0.4) is 0 Å². The number of ether oxygens (including phenoxy) is 1. The molecule has 5 nitrogen and oxygen atoms in total. The van der Waals surface area contributed by atoms with E-state index in [9.17, 15) is 0 Å². The lowest BCUT2D eigenvalue weighted by Gasteiger charge is -2.16. The van der Waals surface area contributed by atoms with Crippen LogP contribution in [-0.4, -0.2) is 33.3 Å². The quantitative estimate of drug-likeness (QED) is 0.787. The van der Waals surface area contributed by atoms with Gasteiger partial charge in [0.1, 0.15) is 18.2 Å². The minimum absolute atomic E-state index is 0.0119. The Morgan fingerprint density at radius 2 is 1.80 bits per heavy atom. The number of aliphatic hydroxyl groups is 1. The molecule has 0 saturated carbocycles. The van der Waals surface area contributed by atoms with E-state index in [1.165, 1.54) is 0 Å². The summed E-state index contributed by atoms with van der Waals surface area (Å²) in [5.74, 6) is 1.51. The Bertz CT molecular complexity index is 884. The maximum atomic E-state index is 8.90. The molecule has 0 aliphatic carbocycles. The number of pyridine rings is 1. The molecule has 0 spiro atoms. The first-order valence-electron chi connectivity index (χ1n) is 8.36. The summed E-state index contributed by atoms with van der Waals surface area (Å²) >= 11 is 0. The van der Waals surface area contributed by atoms with Crippen molar-refractivity contribution in [1.29, 1.82) is 0 Å². The second-order valence-electron chi connectivity index (χ2n) is 7.12. The summed E-state index contributed by atoms with van der Waals surface area (Å²) in [5.41, 5.74) is 3.63. The molecule has 25 heavy (non-hydrogen) atoms. The van der Waals surface area contributed by atoms with Crippen molar-refractivity contribution in [3.63, 3.8) is 0 Å². The molecule has 0 atom stereocenters. The third-order valence-corrected chi connectivity index (χ3v) is 3.97. The summed E-state index contributed by atoms with van der Waals surface area (Å²) in [5, 5.41) is 9.98. The van der Waals surface area contributed by atoms with Crippen molar-refractivity contribution in [3.8, 4) is 17.0 Å². The highest BCUT2D eigenvalue weighted by Gasteiger charge is 2.17. The molecule has 0 radical (unpaired) electrons. The molecule has 3 aromatic rings. The molecule has 0 amide bonds. The standard InChI is InChI=1S/C20H23N3O2/c1-13-9-17(14-11-21-19(22-12-14)20(2,3)4)23-18-10-15(25-8-7-24)5-6-16(13)18/h5-6,9-12,24H,7-8H2,1-4H3. The van der Waals surface area contributed by atoms with Crippen LogP contribution >= 0.6 is 0 Å². The Kier molecular flexibility index (Phi) is 4.68. The highest BCUT2D eigenvalue weighted by molar-refractivity contribution is 5.86. The average molecular weight is 337 g/mol. The fourth-order valence-electron chi connectivity index (χ4n) is 2.63. The first-order valence-corrected chi connectivity index (χ1v) is 8.36. The molecular formula is C20H23N3O2. The summed E-state index contributed by atoms with van der Waals surface area (Å²) < 4.78 is 5.49. The first kappa shape index (κ1) is 17.3. The molecule has 0 aliphatic rings. The van der Waals surface area contributed by atoms with E-state index in [0.717, 1.165) is 33.5 Å². The van der Waals surface area contributed by atoms with Crippen LogP contribution in [0.15, 0.2) is 36.7 Å². The fourth-order valence-corrected chi connectivity index (χ4v) is 2.63. The van der Waals surface area contributed by atoms with Gasteiger partial charge in [0.05, 0.1) is 17.8 Å². The van der Waals surface area contributed by atoms with Crippen LogP contribution in [0.4, 0.5) is 0 Å². The van der Waals surface area contributed by atoms with Crippen molar-refractivity contribution in [1.82, 2.24) is 15.0 Å². The van der Waals surface area contributed by atoms with Crippen LogP contribution < -0.4 is 4.74 Å². The Morgan fingerprint density at radius 1 is 1.08 bits per heavy atom. The summed E-state index contributed by atoms with van der Waals surface area (Å²) in [6.07, 6.45) is 3.65. The van der Waals surface area contributed by atoms with E-state index in [1.54, 1.807) is 0 Å². The van der Waals surface area contributed by atoms with Gasteiger partial charge in [-0.3, -0.25) is 0 Å². The molecule has 0 fully saturated rings. The topological polar surface area (TPSA) is 68.1 Å². The van der Waals surface area contributed by atoms with Crippen molar-refractivity contribution >= 4 is 10.9 Å². The smallest absolute Gasteiger partial charge is 0.133 e. The number of hydrogen-bond donors (Lipinski definition) is 1. The number of nitrogens with zero attached hydrogens (tertiary/aromatic N) is 3. The Balaban J connectivity index is 2.01. The molecule has 5 heteroatoms. The van der Waals surface area contributed by atoms with E-state index in [1.807, 2.05) is 36.7 Å². The average Bonchev–Trinajstić information content (AvgIpc) is 2.59. The Labute approximate surface area is 147 Å². The minimum Gasteiger partial charge on any atom is -0.491 e. The van der Waals surface area contributed by atoms with Crippen LogP contribution in [0.25, 0.3) is 22.2 Å². The fraction of sp³-hybridized carbons (Fsp3) is 0.350. The van der Waals surface area contributed by atoms with Crippen molar-refractivity contribution in [3.05, 3.63) is 48.0 Å². The van der Waals surface area contributed by atoms with Crippen molar-refractivity contribution in [2.75, 3.05) is 13.2 Å². The van der Waals surface area contributed by atoms with Crippen LogP contribution in [0.2, 0.25) is 0 Å². The largest absolute Gasteiger partial charge is 0.491 e. The number of fused-ring (bicyclic) bond motifs is 1. The lowest BCUT2D eigenvalue weighted by atomic mass is 9.95. The van der Waals surface area contributed by atoms with Crippen molar-refractivity contribution in [2.45, 2.75) is 33.1 Å². The summed E-state index contributed by atoms with van der Waals surface area (Å²) in [6.45, 7) is 8.59. The first-order chi connectivity index (χ1) is 11.9. The Morgan fingerprint density at radius 3 is 2.44 bits per heavy atom. The number of hydrogen-bond acceptors (Lipinski definition) is 5. The maximum Gasteiger partial charge on any atom is 0.133 e. The second kappa shape index (κ2) is 6.76. The molecule has 0 bridgehead atoms. The van der Waals surface area contributed by atoms with Crippen LogP contribution in [-0.2, 0) is 5.41 Å². The normalized spacial score (nSPS) is 11.7. The van der Waals surface area contributed by atoms with Crippen LogP contribution in [0, 0.1) is 6.92 Å². The zero-order chi connectivity index (χ0) is 18.0. The monoisotopic (exact) mass is 337 g/mol. The summed E-state index contributed by atoms with van der Waals surface area (Å²) in [6, 6.07) is 7.83. The highest BCUT2D eigenvalue weighted by atomic mass is 16.5. The van der Waals surface area contributed by atoms with Gasteiger partial charge in [-0.05, 0) is 30.7 Å². The van der Waals surface area contributed by atoms with Gasteiger partial charge >= 0.3 is 0 Å². The molecule has 1 N–H and O–H groups in total. The predicted molar refractivity (Wildman–Crippen MR) is 98.8 cm³/mol. The lowest BCUT2D eigenvalue weighted by Crippen LogP contribution is -2.15. The van der Waals surface area contributed by atoms with Gasteiger partial charge < -0.3 is 9.84 Å². The Hall–Kier alpha value is -2.53. The van der Waals surface area contributed by atoms with Crippen LogP contribution in [0.1, 0.15) is 32.2 Å². The number of aromatic nitrogens is 3. The van der Waals surface area contributed by atoms with Gasteiger partial charge in [0.25, 0.3) is 0 Å². The van der Waals surface area contributed by atoms with Gasteiger partial charge in [-0.1, -0.05) is 20.8 Å². The van der Waals surface area contributed by atoms with E-state index in [0.29, 0.717) is 5.75 Å². The molecule has 3 rings (SSSR count). The van der Waals surface area contributed by atoms with Gasteiger partial charge in [-0.15, -0.1) is 0 Å². The van der Waals surface area contributed by atoms with Gasteiger partial charge in [0.2, 0.25) is 0 Å². The number of aliphatic hydroxyl groups excluding tert-OH is 1. The number of aryl methyl sites for hydroxylation is 1. The summed E-state index contributed by atoms with van der Waals surface area (Å²) in [4.78, 5) is 13.7. The molecule has 2 heterocycles. The van der Waals surface area contributed by atoms with E-state index in [-0.39, 0.29) is 18.6 Å². The molecule has 0 saturated heterocycles. The zero-order valence-corrected chi connectivity index (χ0v) is 15.1. The molecule has 0 unspecified atom stereocenters. The van der Waals surface area contributed by atoms with Crippen LogP contribution in [0.5, 0.6) is 5.75 Å². The van der Waals surface area contributed by atoms with E-state index in [4.69, 9.17) is 14.8 Å². The molecular weight excluding hydrogens is 314 g/mol. The van der Waals surface area contributed by atoms with Crippen molar-refractivity contribution in [2.24, 2.45) is 0 Å². The number of benzene rings is 1. The van der Waals surface area contributed by atoms with Crippen molar-refractivity contribution < 1.29 is 9.84 Å². The predicted octanol–water partition coefficient (Wildman–Crippen LogP) is 3.67. The van der Waals surface area contributed by atoms with E-state index < -0.39 is 0 Å². The van der Waals surface area contributed by atoms with Gasteiger partial charge in [0.15, 0.2) is 0 Å². The molecule has 1 aromatic carbocycles. The minimum atomic E-state index is -0.0792. The third-order valence-electron chi connectivity index (χ3n) is 3.97. The zero-order valence-electron chi connectivity index (χ0n) is 15.1. The summed E-state index contributed by atoms with van der Waals surface area (Å²) in [7, 11) is 0. The SMILES string of the molecule is Cc1cc(-c2cnc(C(C)(C)C)nc2)nc2cc(OCCO)ccc12. The number of rotatable bonds is 4. The van der Waals surface area contributed by atoms with Gasteiger partial charge in [-0.2, -0.15) is 0 Å². The highest BCUT2D eigenvalue weighted by Crippen LogP contribution is 2.27. The molecule has 130 valence electrons. The van der Waals surface area contributed by atoms with Gasteiger partial charge in [0, 0.05) is 34.8 Å². The second-order valence-corrected chi connectivity index (χ2v) is 7.12. The third kappa shape index (κ3) is 3.77. The molecule has 2 aromatic heterocycles. The van der Waals surface area contributed by atoms with E-state index >= 15 is 0 Å².